The molecule has 2 heterocycles. The number of carboxylic acids is 1. The van der Waals surface area contributed by atoms with Crippen molar-refractivity contribution >= 4 is 29.1 Å². The largest absolute Gasteiger partial charge is 0.490 e. The predicted octanol–water partition coefficient (Wildman–Crippen LogP) is 5.14. The number of anilines is 2. The zero-order chi connectivity index (χ0) is 21.8. The number of hydrogen-bond acceptors (Lipinski definition) is 6. The normalized spacial score (nSPS) is 14.3. The first-order chi connectivity index (χ1) is 15.0. The minimum absolute atomic E-state index is 0.0677. The van der Waals surface area contributed by atoms with Gasteiger partial charge < -0.3 is 15.2 Å². The van der Waals surface area contributed by atoms with Gasteiger partial charge in [0.25, 0.3) is 0 Å². The maximum Gasteiger partial charge on any atom is 0.358 e. The van der Waals surface area contributed by atoms with E-state index in [1.165, 1.54) is 12.1 Å². The minimum atomic E-state index is -1.31. The van der Waals surface area contributed by atoms with Crippen LogP contribution in [0, 0.1) is 11.6 Å². The number of nitrogens with zero attached hydrogens (tertiary/aromatic N) is 2. The number of ether oxygens (including phenoxy) is 1. The molecule has 1 saturated heterocycles. The van der Waals surface area contributed by atoms with Crippen LogP contribution < -0.4 is 10.1 Å². The molecule has 0 amide bonds. The Balaban J connectivity index is 1.58. The number of aromatic nitrogens is 2. The van der Waals surface area contributed by atoms with Crippen LogP contribution in [0.15, 0.2) is 48.5 Å². The number of halogens is 2. The summed E-state index contributed by atoms with van der Waals surface area (Å²) in [5.74, 6) is -0.0461. The summed E-state index contributed by atoms with van der Waals surface area (Å²) in [6.07, 6.45) is 2.20. The number of hydrogen-bond donors (Lipinski definition) is 2. The summed E-state index contributed by atoms with van der Waals surface area (Å²) < 4.78 is 34.2. The fourth-order valence-corrected chi connectivity index (χ4v) is 4.33. The van der Waals surface area contributed by atoms with Gasteiger partial charge in [0.2, 0.25) is 0 Å². The Hall–Kier alpha value is -3.20. The van der Waals surface area contributed by atoms with E-state index in [2.05, 4.69) is 15.5 Å². The zero-order valence-electron chi connectivity index (χ0n) is 16.3. The highest BCUT2D eigenvalue weighted by Crippen LogP contribution is 2.29. The second kappa shape index (κ2) is 9.30. The van der Waals surface area contributed by atoms with Crippen molar-refractivity contribution in [3.63, 3.8) is 0 Å². The molecule has 160 valence electrons. The number of carbonyl (C=O) groups is 1. The van der Waals surface area contributed by atoms with Crippen molar-refractivity contribution in [1.82, 2.24) is 10.2 Å². The van der Waals surface area contributed by atoms with Gasteiger partial charge in [-0.2, -0.15) is 11.8 Å². The molecule has 2 aromatic carbocycles. The van der Waals surface area contributed by atoms with E-state index < -0.39 is 17.6 Å². The van der Waals surface area contributed by atoms with Gasteiger partial charge >= 0.3 is 5.97 Å². The molecule has 1 aromatic heterocycles. The van der Waals surface area contributed by atoms with Gasteiger partial charge in [0, 0.05) is 5.69 Å². The topological polar surface area (TPSA) is 84.3 Å². The summed E-state index contributed by atoms with van der Waals surface area (Å²) >= 11 is 1.92. The highest BCUT2D eigenvalue weighted by Gasteiger charge is 2.19. The summed E-state index contributed by atoms with van der Waals surface area (Å²) in [6.45, 7) is 0. The number of nitrogens with one attached hydrogen (secondary N) is 1. The summed E-state index contributed by atoms with van der Waals surface area (Å²) in [6, 6.07) is 11.8. The number of benzene rings is 2. The third kappa shape index (κ3) is 4.93. The summed E-state index contributed by atoms with van der Waals surface area (Å²) in [4.78, 5) is 11.6. The molecule has 0 bridgehead atoms. The van der Waals surface area contributed by atoms with Crippen LogP contribution in [0.2, 0.25) is 0 Å². The fraction of sp³-hybridized carbons (Fsp3) is 0.227. The van der Waals surface area contributed by atoms with Gasteiger partial charge in [0.05, 0.1) is 11.3 Å². The standard InChI is InChI=1S/C22H19F2N3O3S/c23-16-2-1-3-17(24)20(16)18-12-19(21(22(28)29)27-26-18)25-13-4-6-14(7-5-13)30-15-8-10-31-11-9-15/h1-7,12,15H,8-11H2,(H,25,26)(H,28,29). The van der Waals surface area contributed by atoms with Crippen LogP contribution in [0.5, 0.6) is 5.75 Å². The lowest BCUT2D eigenvalue weighted by Gasteiger charge is -2.22. The molecule has 4 rings (SSSR count). The van der Waals surface area contributed by atoms with Crippen LogP contribution in [0.3, 0.4) is 0 Å². The molecule has 1 aliphatic rings. The van der Waals surface area contributed by atoms with E-state index in [1.807, 2.05) is 11.8 Å². The summed E-state index contributed by atoms with van der Waals surface area (Å²) in [7, 11) is 0. The lowest BCUT2D eigenvalue weighted by Crippen LogP contribution is -2.21. The Morgan fingerprint density at radius 3 is 2.39 bits per heavy atom. The van der Waals surface area contributed by atoms with Crippen molar-refractivity contribution in [2.24, 2.45) is 0 Å². The molecule has 1 fully saturated rings. The van der Waals surface area contributed by atoms with Crippen molar-refractivity contribution < 1.29 is 23.4 Å². The lowest BCUT2D eigenvalue weighted by molar-refractivity contribution is 0.0690. The molecular weight excluding hydrogens is 424 g/mol. The van der Waals surface area contributed by atoms with Crippen molar-refractivity contribution in [1.29, 1.82) is 0 Å². The molecular formula is C22H19F2N3O3S. The Morgan fingerprint density at radius 1 is 1.06 bits per heavy atom. The maximum absolute atomic E-state index is 14.1. The number of aromatic carboxylic acids is 1. The molecule has 9 heteroatoms. The zero-order valence-corrected chi connectivity index (χ0v) is 17.2. The molecule has 1 aliphatic heterocycles. The highest BCUT2D eigenvalue weighted by atomic mass is 32.2. The van der Waals surface area contributed by atoms with E-state index in [9.17, 15) is 18.7 Å². The number of carboxylic acid groups (broad SMARTS) is 1. The first kappa shape index (κ1) is 21.0. The Kier molecular flexibility index (Phi) is 6.31. The predicted molar refractivity (Wildman–Crippen MR) is 115 cm³/mol. The van der Waals surface area contributed by atoms with Crippen LogP contribution in [-0.2, 0) is 0 Å². The van der Waals surface area contributed by atoms with Gasteiger partial charge in [0.1, 0.15) is 29.2 Å². The van der Waals surface area contributed by atoms with Gasteiger partial charge in [-0.15, -0.1) is 10.2 Å². The van der Waals surface area contributed by atoms with Crippen molar-refractivity contribution in [3.05, 3.63) is 65.9 Å². The monoisotopic (exact) mass is 443 g/mol. The van der Waals surface area contributed by atoms with Crippen molar-refractivity contribution in [3.8, 4) is 17.0 Å². The van der Waals surface area contributed by atoms with E-state index in [4.69, 9.17) is 4.74 Å². The minimum Gasteiger partial charge on any atom is -0.490 e. The molecule has 3 aromatic rings. The first-order valence-electron chi connectivity index (χ1n) is 9.68. The summed E-state index contributed by atoms with van der Waals surface area (Å²) in [5.41, 5.74) is -0.205. The van der Waals surface area contributed by atoms with Crippen molar-refractivity contribution in [2.75, 3.05) is 16.8 Å². The van der Waals surface area contributed by atoms with E-state index in [1.54, 1.807) is 24.3 Å². The van der Waals surface area contributed by atoms with Crippen LogP contribution in [0.4, 0.5) is 20.2 Å². The lowest BCUT2D eigenvalue weighted by atomic mass is 10.1. The molecule has 0 saturated carbocycles. The second-order valence-electron chi connectivity index (χ2n) is 6.97. The molecule has 0 atom stereocenters. The molecule has 0 aliphatic carbocycles. The van der Waals surface area contributed by atoms with Gasteiger partial charge in [-0.3, -0.25) is 0 Å². The number of thioether (sulfide) groups is 1. The second-order valence-corrected chi connectivity index (χ2v) is 8.20. The maximum atomic E-state index is 14.1. The van der Waals surface area contributed by atoms with Gasteiger partial charge in [0.15, 0.2) is 5.69 Å². The van der Waals surface area contributed by atoms with E-state index in [0.29, 0.717) is 5.69 Å². The average molecular weight is 443 g/mol. The number of rotatable bonds is 6. The molecule has 31 heavy (non-hydrogen) atoms. The molecule has 0 unspecified atom stereocenters. The van der Waals surface area contributed by atoms with Gasteiger partial charge in [-0.1, -0.05) is 6.07 Å². The quantitative estimate of drug-likeness (QED) is 0.546. The van der Waals surface area contributed by atoms with Crippen molar-refractivity contribution in [2.45, 2.75) is 18.9 Å². The van der Waals surface area contributed by atoms with Gasteiger partial charge in [-0.25, -0.2) is 13.6 Å². The highest BCUT2D eigenvalue weighted by molar-refractivity contribution is 7.99. The third-order valence-corrected chi connectivity index (χ3v) is 5.87. The fourth-order valence-electron chi connectivity index (χ4n) is 3.27. The first-order valence-corrected chi connectivity index (χ1v) is 10.8. The average Bonchev–Trinajstić information content (AvgIpc) is 2.76. The molecule has 0 spiro atoms. The van der Waals surface area contributed by atoms with E-state index in [0.717, 1.165) is 42.2 Å². The van der Waals surface area contributed by atoms with Crippen LogP contribution in [-0.4, -0.2) is 38.9 Å². The Bertz CT molecular complexity index is 1070. The Morgan fingerprint density at radius 2 is 1.74 bits per heavy atom. The van der Waals surface area contributed by atoms with Crippen LogP contribution in [0.1, 0.15) is 23.3 Å². The third-order valence-electron chi connectivity index (χ3n) is 4.82. The Labute approximate surface area is 181 Å². The molecule has 0 radical (unpaired) electrons. The van der Waals surface area contributed by atoms with Crippen LogP contribution >= 0.6 is 11.8 Å². The molecule has 6 nitrogen and oxygen atoms in total. The summed E-state index contributed by atoms with van der Waals surface area (Å²) in [5, 5.41) is 19.7. The SMILES string of the molecule is O=C(O)c1nnc(-c2c(F)cccc2F)cc1Nc1ccc(OC2CCSCC2)cc1. The van der Waals surface area contributed by atoms with E-state index >= 15 is 0 Å². The van der Waals surface area contributed by atoms with Crippen LogP contribution in [0.25, 0.3) is 11.3 Å². The molecule has 2 N–H and O–H groups in total. The smallest absolute Gasteiger partial charge is 0.358 e. The van der Waals surface area contributed by atoms with Gasteiger partial charge in [-0.05, 0) is 66.8 Å². The van der Waals surface area contributed by atoms with E-state index in [-0.39, 0.29) is 28.7 Å².